The first-order chi connectivity index (χ1) is 9.36. The molecule has 0 bridgehead atoms. The second kappa shape index (κ2) is 5.83. The molecule has 2 rings (SSSR count). The summed E-state index contributed by atoms with van der Waals surface area (Å²) in [4.78, 5) is 13.8. The Morgan fingerprint density at radius 1 is 1.60 bits per heavy atom. The lowest BCUT2D eigenvalue weighted by Crippen LogP contribution is -2.35. The number of urea groups is 1. The van der Waals surface area contributed by atoms with E-state index in [1.54, 1.807) is 11.1 Å². The van der Waals surface area contributed by atoms with Crippen LogP contribution in [-0.4, -0.2) is 47.5 Å². The molecule has 1 aliphatic rings. The van der Waals surface area contributed by atoms with E-state index in [9.17, 15) is 4.79 Å². The highest BCUT2D eigenvalue weighted by atomic mass is 16.5. The van der Waals surface area contributed by atoms with Crippen LogP contribution < -0.4 is 5.32 Å². The van der Waals surface area contributed by atoms with Gasteiger partial charge in [0.05, 0.1) is 24.0 Å². The fraction of sp³-hybridized carbons (Fsp3) is 0.714. The zero-order valence-electron chi connectivity index (χ0n) is 12.7. The lowest BCUT2D eigenvalue weighted by Gasteiger charge is -2.20. The Bertz CT molecular complexity index is 458. The number of carbonyl (C=O) groups excluding carboxylic acids is 1. The largest absolute Gasteiger partial charge is 0.381 e. The van der Waals surface area contributed by atoms with Gasteiger partial charge in [-0.05, 0) is 27.2 Å². The van der Waals surface area contributed by atoms with Gasteiger partial charge in [-0.2, -0.15) is 5.10 Å². The minimum Gasteiger partial charge on any atom is -0.381 e. The van der Waals surface area contributed by atoms with Gasteiger partial charge in [-0.25, -0.2) is 4.79 Å². The predicted molar refractivity (Wildman–Crippen MR) is 77.8 cm³/mol. The average molecular weight is 280 g/mol. The lowest BCUT2D eigenvalue weighted by molar-refractivity contribution is 0.175. The number of carbonyl (C=O) groups is 1. The maximum atomic E-state index is 12.1. The standard InChI is InChI=1S/C14H24N4O2/c1-14(2,3)18-9-12(7-15-18)16-13(19)17(4)8-11-5-6-20-10-11/h7,9,11H,5-6,8,10H2,1-4H3,(H,16,19). The van der Waals surface area contributed by atoms with Gasteiger partial charge in [0, 0.05) is 32.3 Å². The molecule has 1 aromatic heterocycles. The Hall–Kier alpha value is -1.56. The van der Waals surface area contributed by atoms with Gasteiger partial charge in [0.15, 0.2) is 0 Å². The normalized spacial score (nSPS) is 19.1. The molecule has 0 aliphatic carbocycles. The van der Waals surface area contributed by atoms with Gasteiger partial charge in [-0.3, -0.25) is 4.68 Å². The molecule has 6 nitrogen and oxygen atoms in total. The Labute approximate surface area is 120 Å². The number of hydrogen-bond donors (Lipinski definition) is 1. The van der Waals surface area contributed by atoms with Crippen molar-refractivity contribution in [3.8, 4) is 0 Å². The smallest absolute Gasteiger partial charge is 0.321 e. The van der Waals surface area contributed by atoms with Crippen molar-refractivity contribution < 1.29 is 9.53 Å². The van der Waals surface area contributed by atoms with Gasteiger partial charge in [0.25, 0.3) is 0 Å². The molecule has 1 aliphatic heterocycles. The van der Waals surface area contributed by atoms with Crippen LogP contribution in [0.1, 0.15) is 27.2 Å². The van der Waals surface area contributed by atoms with Crippen LogP contribution in [0.5, 0.6) is 0 Å². The molecular weight excluding hydrogens is 256 g/mol. The summed E-state index contributed by atoms with van der Waals surface area (Å²) in [5.41, 5.74) is 0.634. The van der Waals surface area contributed by atoms with Crippen LogP contribution in [0.2, 0.25) is 0 Å². The molecule has 1 aromatic rings. The minimum atomic E-state index is -0.106. The third-order valence-corrected chi connectivity index (χ3v) is 3.42. The molecular formula is C14H24N4O2. The van der Waals surface area contributed by atoms with Gasteiger partial charge >= 0.3 is 6.03 Å². The van der Waals surface area contributed by atoms with Crippen LogP contribution in [0.25, 0.3) is 0 Å². The summed E-state index contributed by atoms with van der Waals surface area (Å²) >= 11 is 0. The minimum absolute atomic E-state index is 0.0872. The highest BCUT2D eigenvalue weighted by Crippen LogP contribution is 2.17. The number of nitrogens with zero attached hydrogens (tertiary/aromatic N) is 3. The van der Waals surface area contributed by atoms with Crippen molar-refractivity contribution in [1.82, 2.24) is 14.7 Å². The molecule has 1 atom stereocenters. The summed E-state index contributed by atoms with van der Waals surface area (Å²) in [5.74, 6) is 0.447. The number of aromatic nitrogens is 2. The van der Waals surface area contributed by atoms with Crippen molar-refractivity contribution >= 4 is 11.7 Å². The average Bonchev–Trinajstić information content (AvgIpc) is 2.98. The SMILES string of the molecule is CN(CC1CCOC1)C(=O)Nc1cnn(C(C)(C)C)c1. The molecule has 112 valence electrons. The van der Waals surface area contributed by atoms with E-state index >= 15 is 0 Å². The summed E-state index contributed by atoms with van der Waals surface area (Å²) in [6.07, 6.45) is 4.56. The first-order valence-corrected chi connectivity index (χ1v) is 7.01. The zero-order chi connectivity index (χ0) is 14.8. The Morgan fingerprint density at radius 2 is 2.35 bits per heavy atom. The number of anilines is 1. The van der Waals surface area contributed by atoms with Crippen molar-refractivity contribution in [1.29, 1.82) is 0 Å². The third kappa shape index (κ3) is 3.72. The van der Waals surface area contributed by atoms with Crippen LogP contribution in [0.3, 0.4) is 0 Å². The Kier molecular flexibility index (Phi) is 4.32. The Balaban J connectivity index is 1.88. The maximum absolute atomic E-state index is 12.1. The van der Waals surface area contributed by atoms with E-state index in [0.29, 0.717) is 5.92 Å². The lowest BCUT2D eigenvalue weighted by atomic mass is 10.1. The topological polar surface area (TPSA) is 59.4 Å². The molecule has 0 aromatic carbocycles. The molecule has 0 saturated carbocycles. The van der Waals surface area contributed by atoms with E-state index in [-0.39, 0.29) is 11.6 Å². The van der Waals surface area contributed by atoms with Crippen molar-refractivity contribution in [2.45, 2.75) is 32.7 Å². The molecule has 6 heteroatoms. The number of amides is 2. The molecule has 2 amide bonds. The van der Waals surface area contributed by atoms with E-state index in [0.717, 1.165) is 31.9 Å². The van der Waals surface area contributed by atoms with Crippen LogP contribution in [0, 0.1) is 5.92 Å². The third-order valence-electron chi connectivity index (χ3n) is 3.42. The molecule has 0 radical (unpaired) electrons. The molecule has 0 spiro atoms. The van der Waals surface area contributed by atoms with E-state index < -0.39 is 0 Å². The van der Waals surface area contributed by atoms with E-state index in [1.807, 2.05) is 17.9 Å². The fourth-order valence-electron chi connectivity index (χ4n) is 2.17. The molecule has 1 saturated heterocycles. The van der Waals surface area contributed by atoms with Gasteiger partial charge in [-0.1, -0.05) is 0 Å². The highest BCUT2D eigenvalue weighted by molar-refractivity contribution is 5.88. The van der Waals surface area contributed by atoms with Crippen LogP contribution in [0.4, 0.5) is 10.5 Å². The molecule has 1 N–H and O–H groups in total. The van der Waals surface area contributed by atoms with Crippen LogP contribution in [-0.2, 0) is 10.3 Å². The van der Waals surface area contributed by atoms with Crippen molar-refractivity contribution in [2.24, 2.45) is 5.92 Å². The second-order valence-electron chi connectivity index (χ2n) is 6.38. The number of rotatable bonds is 3. The van der Waals surface area contributed by atoms with Crippen molar-refractivity contribution in [3.63, 3.8) is 0 Å². The molecule has 20 heavy (non-hydrogen) atoms. The van der Waals surface area contributed by atoms with E-state index in [1.165, 1.54) is 0 Å². The van der Waals surface area contributed by atoms with Gasteiger partial charge in [0.2, 0.25) is 0 Å². The quantitative estimate of drug-likeness (QED) is 0.922. The number of hydrogen-bond acceptors (Lipinski definition) is 3. The first-order valence-electron chi connectivity index (χ1n) is 7.01. The molecule has 2 heterocycles. The number of nitrogens with one attached hydrogen (secondary N) is 1. The van der Waals surface area contributed by atoms with Crippen LogP contribution in [0.15, 0.2) is 12.4 Å². The van der Waals surface area contributed by atoms with Crippen molar-refractivity contribution in [2.75, 3.05) is 32.1 Å². The molecule has 1 fully saturated rings. The van der Waals surface area contributed by atoms with E-state index in [2.05, 4.69) is 31.2 Å². The summed E-state index contributed by atoms with van der Waals surface area (Å²) in [6.45, 7) is 8.48. The predicted octanol–water partition coefficient (Wildman–Crippen LogP) is 2.14. The van der Waals surface area contributed by atoms with Crippen molar-refractivity contribution in [3.05, 3.63) is 12.4 Å². The van der Waals surface area contributed by atoms with Gasteiger partial charge < -0.3 is 15.0 Å². The van der Waals surface area contributed by atoms with E-state index in [4.69, 9.17) is 4.74 Å². The summed E-state index contributed by atoms with van der Waals surface area (Å²) in [5, 5.41) is 7.14. The highest BCUT2D eigenvalue weighted by Gasteiger charge is 2.21. The maximum Gasteiger partial charge on any atom is 0.321 e. The second-order valence-corrected chi connectivity index (χ2v) is 6.38. The first kappa shape index (κ1) is 14.8. The Morgan fingerprint density at radius 3 is 2.90 bits per heavy atom. The molecule has 1 unspecified atom stereocenters. The monoisotopic (exact) mass is 280 g/mol. The number of ether oxygens (including phenoxy) is 1. The summed E-state index contributed by atoms with van der Waals surface area (Å²) < 4.78 is 7.17. The van der Waals surface area contributed by atoms with Gasteiger partial charge in [-0.15, -0.1) is 0 Å². The fourth-order valence-corrected chi connectivity index (χ4v) is 2.17. The summed E-state index contributed by atoms with van der Waals surface area (Å²) in [7, 11) is 1.81. The van der Waals surface area contributed by atoms with Gasteiger partial charge in [0.1, 0.15) is 0 Å². The summed E-state index contributed by atoms with van der Waals surface area (Å²) in [6, 6.07) is -0.106. The van der Waals surface area contributed by atoms with Crippen LogP contribution >= 0.6 is 0 Å². The zero-order valence-corrected chi connectivity index (χ0v) is 12.7.